The van der Waals surface area contributed by atoms with Crippen molar-refractivity contribution in [1.82, 2.24) is 4.57 Å². The van der Waals surface area contributed by atoms with E-state index >= 15 is 0 Å². The number of carboxylic acid groups (broad SMARTS) is 1. The van der Waals surface area contributed by atoms with Crippen molar-refractivity contribution in [3.8, 4) is 0 Å². The van der Waals surface area contributed by atoms with Crippen molar-refractivity contribution in [2.24, 2.45) is 0 Å². The highest BCUT2D eigenvalue weighted by molar-refractivity contribution is 6.35. The molecule has 3 aromatic rings. The molecule has 0 spiro atoms. The van der Waals surface area contributed by atoms with E-state index in [-0.39, 0.29) is 12.1 Å². The SMILES string of the molecule is O=C(O)c1cccc(Cn2cc(Cl)c3ccccc32)c1F. The van der Waals surface area contributed by atoms with E-state index in [4.69, 9.17) is 16.7 Å². The van der Waals surface area contributed by atoms with E-state index in [9.17, 15) is 9.18 Å². The van der Waals surface area contributed by atoms with Gasteiger partial charge in [-0.2, -0.15) is 0 Å². The van der Waals surface area contributed by atoms with Gasteiger partial charge < -0.3 is 9.67 Å². The molecule has 1 heterocycles. The molecular formula is C16H11ClFNO2. The maximum absolute atomic E-state index is 14.2. The Kier molecular flexibility index (Phi) is 3.39. The number of aromatic carboxylic acids is 1. The Morgan fingerprint density at radius 2 is 1.95 bits per heavy atom. The van der Waals surface area contributed by atoms with Crippen molar-refractivity contribution in [3.05, 3.63) is 70.6 Å². The van der Waals surface area contributed by atoms with Crippen LogP contribution in [0.3, 0.4) is 0 Å². The number of aromatic nitrogens is 1. The van der Waals surface area contributed by atoms with Crippen LogP contribution in [-0.2, 0) is 6.54 Å². The van der Waals surface area contributed by atoms with E-state index < -0.39 is 11.8 Å². The number of para-hydroxylation sites is 1. The molecule has 0 amide bonds. The third-order valence-electron chi connectivity index (χ3n) is 3.39. The lowest BCUT2D eigenvalue weighted by atomic mass is 10.1. The lowest BCUT2D eigenvalue weighted by molar-refractivity contribution is 0.0691. The zero-order valence-electron chi connectivity index (χ0n) is 10.9. The number of hydrogen-bond acceptors (Lipinski definition) is 1. The monoisotopic (exact) mass is 303 g/mol. The standard InChI is InChI=1S/C16H11ClFNO2/c17-13-9-19(14-7-2-1-5-11(13)14)8-10-4-3-6-12(15(10)18)16(20)21/h1-7,9H,8H2,(H,20,21). The van der Waals surface area contributed by atoms with Crippen LogP contribution in [0.15, 0.2) is 48.7 Å². The number of carbonyl (C=O) groups is 1. The van der Waals surface area contributed by atoms with E-state index in [1.165, 1.54) is 12.1 Å². The van der Waals surface area contributed by atoms with E-state index in [0.29, 0.717) is 10.6 Å². The maximum Gasteiger partial charge on any atom is 0.338 e. The first-order valence-corrected chi connectivity index (χ1v) is 6.70. The van der Waals surface area contributed by atoms with Gasteiger partial charge in [-0.3, -0.25) is 0 Å². The fourth-order valence-electron chi connectivity index (χ4n) is 2.38. The molecule has 21 heavy (non-hydrogen) atoms. The number of fused-ring (bicyclic) bond motifs is 1. The molecule has 0 unspecified atom stereocenters. The summed E-state index contributed by atoms with van der Waals surface area (Å²) in [7, 11) is 0. The molecular weight excluding hydrogens is 293 g/mol. The lowest BCUT2D eigenvalue weighted by Crippen LogP contribution is -2.06. The summed E-state index contributed by atoms with van der Waals surface area (Å²) in [5.41, 5.74) is 0.866. The molecule has 1 aromatic heterocycles. The Labute approximate surface area is 125 Å². The van der Waals surface area contributed by atoms with Crippen LogP contribution in [0.2, 0.25) is 5.02 Å². The van der Waals surface area contributed by atoms with Crippen LogP contribution in [0.25, 0.3) is 10.9 Å². The predicted molar refractivity (Wildman–Crippen MR) is 79.4 cm³/mol. The summed E-state index contributed by atoms with van der Waals surface area (Å²) >= 11 is 6.16. The average molecular weight is 304 g/mol. The molecule has 0 aliphatic rings. The summed E-state index contributed by atoms with van der Waals surface area (Å²) < 4.78 is 16.0. The zero-order valence-corrected chi connectivity index (χ0v) is 11.6. The maximum atomic E-state index is 14.2. The van der Waals surface area contributed by atoms with Gasteiger partial charge in [0.15, 0.2) is 0 Å². The molecule has 0 aliphatic heterocycles. The molecule has 0 radical (unpaired) electrons. The smallest absolute Gasteiger partial charge is 0.338 e. The van der Waals surface area contributed by atoms with Crippen LogP contribution in [0.5, 0.6) is 0 Å². The van der Waals surface area contributed by atoms with Gasteiger partial charge in [0.2, 0.25) is 0 Å². The Morgan fingerprint density at radius 3 is 2.71 bits per heavy atom. The van der Waals surface area contributed by atoms with Gasteiger partial charge in [0.1, 0.15) is 5.82 Å². The predicted octanol–water partition coefficient (Wildman–Crippen LogP) is 4.18. The summed E-state index contributed by atoms with van der Waals surface area (Å²) in [6, 6.07) is 11.9. The van der Waals surface area contributed by atoms with E-state index in [1.54, 1.807) is 12.3 Å². The van der Waals surface area contributed by atoms with Crippen LogP contribution in [-0.4, -0.2) is 15.6 Å². The van der Waals surface area contributed by atoms with Gasteiger partial charge in [0.05, 0.1) is 17.1 Å². The molecule has 5 heteroatoms. The van der Waals surface area contributed by atoms with Crippen molar-refractivity contribution >= 4 is 28.5 Å². The molecule has 0 saturated heterocycles. The second kappa shape index (κ2) is 5.22. The van der Waals surface area contributed by atoms with Gasteiger partial charge in [-0.1, -0.05) is 41.9 Å². The van der Waals surface area contributed by atoms with Crippen LogP contribution in [0.4, 0.5) is 4.39 Å². The highest BCUT2D eigenvalue weighted by Gasteiger charge is 2.15. The Bertz CT molecular complexity index is 841. The van der Waals surface area contributed by atoms with Crippen molar-refractivity contribution in [3.63, 3.8) is 0 Å². The molecule has 0 atom stereocenters. The van der Waals surface area contributed by atoms with Crippen molar-refractivity contribution < 1.29 is 14.3 Å². The molecule has 0 fully saturated rings. The lowest BCUT2D eigenvalue weighted by Gasteiger charge is -2.08. The largest absolute Gasteiger partial charge is 0.478 e. The van der Waals surface area contributed by atoms with Crippen molar-refractivity contribution in [2.75, 3.05) is 0 Å². The third kappa shape index (κ3) is 2.38. The van der Waals surface area contributed by atoms with Crippen LogP contribution >= 0.6 is 11.6 Å². The number of nitrogens with zero attached hydrogens (tertiary/aromatic N) is 1. The minimum Gasteiger partial charge on any atom is -0.478 e. The fourth-order valence-corrected chi connectivity index (χ4v) is 2.66. The average Bonchev–Trinajstić information content (AvgIpc) is 2.78. The number of hydrogen-bond donors (Lipinski definition) is 1. The first-order valence-electron chi connectivity index (χ1n) is 6.32. The fraction of sp³-hybridized carbons (Fsp3) is 0.0625. The summed E-state index contributed by atoms with van der Waals surface area (Å²) in [6.45, 7) is 0.222. The Hall–Kier alpha value is -2.33. The van der Waals surface area contributed by atoms with Gasteiger partial charge >= 0.3 is 5.97 Å². The second-order valence-corrected chi connectivity index (χ2v) is 5.11. The molecule has 106 valence electrons. The quantitative estimate of drug-likeness (QED) is 0.788. The summed E-state index contributed by atoms with van der Waals surface area (Å²) in [4.78, 5) is 11.0. The van der Waals surface area contributed by atoms with Gasteiger partial charge in [-0.05, 0) is 12.1 Å². The molecule has 0 bridgehead atoms. The van der Waals surface area contributed by atoms with E-state index in [2.05, 4.69) is 0 Å². The number of benzene rings is 2. The number of carboxylic acids is 1. The first-order chi connectivity index (χ1) is 10.1. The molecule has 3 rings (SSSR count). The minimum absolute atomic E-state index is 0.222. The minimum atomic E-state index is -1.27. The highest BCUT2D eigenvalue weighted by Crippen LogP contribution is 2.26. The first kappa shape index (κ1) is 13.6. The zero-order chi connectivity index (χ0) is 15.0. The highest BCUT2D eigenvalue weighted by atomic mass is 35.5. The Morgan fingerprint density at radius 1 is 1.19 bits per heavy atom. The topological polar surface area (TPSA) is 42.2 Å². The summed E-state index contributed by atoms with van der Waals surface area (Å²) in [5.74, 6) is -1.98. The summed E-state index contributed by atoms with van der Waals surface area (Å²) in [5, 5.41) is 10.4. The summed E-state index contributed by atoms with van der Waals surface area (Å²) in [6.07, 6.45) is 1.72. The van der Waals surface area contributed by atoms with Gasteiger partial charge in [-0.25, -0.2) is 9.18 Å². The number of halogens is 2. The second-order valence-electron chi connectivity index (χ2n) is 4.71. The van der Waals surface area contributed by atoms with E-state index in [0.717, 1.165) is 10.9 Å². The van der Waals surface area contributed by atoms with Gasteiger partial charge in [0.25, 0.3) is 0 Å². The van der Waals surface area contributed by atoms with Crippen molar-refractivity contribution in [1.29, 1.82) is 0 Å². The third-order valence-corrected chi connectivity index (χ3v) is 3.69. The molecule has 3 nitrogen and oxygen atoms in total. The van der Waals surface area contributed by atoms with Crippen molar-refractivity contribution in [2.45, 2.75) is 6.54 Å². The normalized spacial score (nSPS) is 11.0. The molecule has 1 N–H and O–H groups in total. The number of rotatable bonds is 3. The Balaban J connectivity index is 2.07. The van der Waals surface area contributed by atoms with Crippen LogP contribution in [0, 0.1) is 5.82 Å². The molecule has 0 saturated carbocycles. The van der Waals surface area contributed by atoms with Crippen LogP contribution in [0.1, 0.15) is 15.9 Å². The van der Waals surface area contributed by atoms with E-state index in [1.807, 2.05) is 28.8 Å². The van der Waals surface area contributed by atoms with Crippen LogP contribution < -0.4 is 0 Å². The molecule has 2 aromatic carbocycles. The van der Waals surface area contributed by atoms with Gasteiger partial charge in [-0.15, -0.1) is 0 Å². The van der Waals surface area contributed by atoms with Gasteiger partial charge in [0, 0.05) is 22.7 Å². The molecule has 0 aliphatic carbocycles.